The Bertz CT molecular complexity index is 305. The zero-order valence-electron chi connectivity index (χ0n) is 6.59. The minimum absolute atomic E-state index is 0.379. The molecule has 0 saturated carbocycles. The number of nitrogens with two attached hydrogens (primary N) is 2. The van der Waals surface area contributed by atoms with E-state index >= 15 is 0 Å². The minimum atomic E-state index is -4.66. The Morgan fingerprint density at radius 1 is 1.38 bits per heavy atom. The molecule has 1 aromatic heterocycles. The van der Waals surface area contributed by atoms with Gasteiger partial charge < -0.3 is 16.0 Å². The lowest BCUT2D eigenvalue weighted by Gasteiger charge is -2.22. The van der Waals surface area contributed by atoms with Crippen LogP contribution in [0, 0.1) is 0 Å². The molecule has 1 rings (SSSR count). The van der Waals surface area contributed by atoms with Crippen molar-refractivity contribution in [1.29, 1.82) is 0 Å². The third-order valence-corrected chi connectivity index (χ3v) is 1.47. The number of nitrogen functional groups attached to an aromatic ring is 1. The van der Waals surface area contributed by atoms with Crippen LogP contribution < -0.4 is 11.5 Å². The molecule has 4 N–H and O–H groups in total. The molecule has 0 aliphatic heterocycles. The highest BCUT2D eigenvalue weighted by Crippen LogP contribution is 2.35. The minimum Gasteiger partial charge on any atom is -0.365 e. The summed E-state index contributed by atoms with van der Waals surface area (Å²) >= 11 is 0. The number of halogens is 3. The molecule has 0 amide bonds. The van der Waals surface area contributed by atoms with E-state index in [2.05, 4.69) is 14.7 Å². The fourth-order valence-corrected chi connectivity index (χ4v) is 0.567. The van der Waals surface area contributed by atoms with Crippen molar-refractivity contribution in [3.63, 3.8) is 0 Å². The summed E-state index contributed by atoms with van der Waals surface area (Å²) in [5.41, 5.74) is 7.26. The van der Waals surface area contributed by atoms with Crippen molar-refractivity contribution in [2.75, 3.05) is 5.73 Å². The first-order valence-corrected chi connectivity index (χ1v) is 3.20. The van der Waals surface area contributed by atoms with Crippen molar-refractivity contribution >= 4 is 5.95 Å². The van der Waals surface area contributed by atoms with E-state index in [4.69, 9.17) is 11.5 Å². The van der Waals surface area contributed by atoms with Gasteiger partial charge in [-0.05, 0) is 12.1 Å². The number of aromatic nitrogens is 2. The molecule has 0 bridgehead atoms. The third kappa shape index (κ3) is 1.57. The Labute approximate surface area is 70.9 Å². The maximum atomic E-state index is 12.2. The fourth-order valence-electron chi connectivity index (χ4n) is 0.567. The van der Waals surface area contributed by atoms with Gasteiger partial charge in [-0.1, -0.05) is 0 Å². The lowest BCUT2D eigenvalue weighted by atomic mass is 10.0. The van der Waals surface area contributed by atoms with E-state index < -0.39 is 17.6 Å². The van der Waals surface area contributed by atoms with Crippen LogP contribution in [0.25, 0.3) is 0 Å². The topological polar surface area (TPSA) is 91.0 Å². The molecule has 13 heavy (non-hydrogen) atoms. The molecular weight excluding hydrogens is 189 g/mol. The van der Waals surface area contributed by atoms with Crippen molar-refractivity contribution < 1.29 is 17.7 Å². The lowest BCUT2D eigenvalue weighted by Crippen LogP contribution is -2.48. The maximum absolute atomic E-state index is 12.2. The van der Waals surface area contributed by atoms with Crippen molar-refractivity contribution in [1.82, 2.24) is 10.1 Å². The maximum Gasteiger partial charge on any atom is 0.415 e. The molecule has 0 spiro atoms. The van der Waals surface area contributed by atoms with Crippen LogP contribution >= 0.6 is 0 Å². The number of nitrogens with zero attached hydrogens (tertiary/aromatic N) is 2. The van der Waals surface area contributed by atoms with Crippen LogP contribution in [-0.2, 0) is 5.54 Å². The van der Waals surface area contributed by atoms with E-state index in [9.17, 15) is 13.2 Å². The standard InChI is InChI=1S/C5H7F3N4O/c1-4(10,5(6,7)8)2-11-3(9)12-13-2/h10H2,1H3,(H2,9,12). The summed E-state index contributed by atoms with van der Waals surface area (Å²) in [6.07, 6.45) is -4.66. The Morgan fingerprint density at radius 3 is 2.23 bits per heavy atom. The van der Waals surface area contributed by atoms with Crippen LogP contribution in [0.2, 0.25) is 0 Å². The van der Waals surface area contributed by atoms with Gasteiger partial charge in [0.25, 0.3) is 11.8 Å². The molecule has 8 heteroatoms. The summed E-state index contributed by atoms with van der Waals surface area (Å²) in [7, 11) is 0. The Morgan fingerprint density at radius 2 is 1.92 bits per heavy atom. The van der Waals surface area contributed by atoms with Crippen LogP contribution in [0.1, 0.15) is 12.8 Å². The average molecular weight is 196 g/mol. The summed E-state index contributed by atoms with van der Waals surface area (Å²) in [6, 6.07) is 0. The summed E-state index contributed by atoms with van der Waals surface area (Å²) in [4.78, 5) is 3.20. The highest BCUT2D eigenvalue weighted by atomic mass is 19.4. The predicted molar refractivity (Wildman–Crippen MR) is 36.3 cm³/mol. The molecule has 1 heterocycles. The van der Waals surface area contributed by atoms with Gasteiger partial charge in [-0.3, -0.25) is 0 Å². The zero-order valence-corrected chi connectivity index (χ0v) is 6.59. The lowest BCUT2D eigenvalue weighted by molar-refractivity contribution is -0.190. The number of hydrogen-bond acceptors (Lipinski definition) is 5. The molecule has 0 aliphatic carbocycles. The monoisotopic (exact) mass is 196 g/mol. The van der Waals surface area contributed by atoms with Gasteiger partial charge in [0.1, 0.15) is 0 Å². The summed E-state index contributed by atoms with van der Waals surface area (Å²) in [5.74, 6) is -1.13. The SMILES string of the molecule is CC(N)(c1nc(N)no1)C(F)(F)F. The quantitative estimate of drug-likeness (QED) is 0.677. The van der Waals surface area contributed by atoms with Gasteiger partial charge in [0.15, 0.2) is 5.54 Å². The Balaban J connectivity index is 3.07. The van der Waals surface area contributed by atoms with Crippen LogP contribution in [0.3, 0.4) is 0 Å². The van der Waals surface area contributed by atoms with Gasteiger partial charge in [-0.2, -0.15) is 18.2 Å². The van der Waals surface area contributed by atoms with E-state index in [1.54, 1.807) is 0 Å². The van der Waals surface area contributed by atoms with Gasteiger partial charge in [-0.15, -0.1) is 0 Å². The third-order valence-electron chi connectivity index (χ3n) is 1.47. The average Bonchev–Trinajstić information content (AvgIpc) is 2.33. The van der Waals surface area contributed by atoms with Gasteiger partial charge >= 0.3 is 6.18 Å². The normalized spacial score (nSPS) is 17.0. The van der Waals surface area contributed by atoms with Gasteiger partial charge in [0, 0.05) is 0 Å². The zero-order chi connectivity index (χ0) is 10.3. The number of alkyl halides is 3. The van der Waals surface area contributed by atoms with Crippen LogP contribution in [0.15, 0.2) is 4.52 Å². The summed E-state index contributed by atoms with van der Waals surface area (Å²) in [5, 5.41) is 3.01. The van der Waals surface area contributed by atoms with Crippen molar-refractivity contribution in [3.8, 4) is 0 Å². The first kappa shape index (κ1) is 9.78. The van der Waals surface area contributed by atoms with Gasteiger partial charge in [-0.25, -0.2) is 0 Å². The van der Waals surface area contributed by atoms with Gasteiger partial charge in [0.2, 0.25) is 0 Å². The summed E-state index contributed by atoms with van der Waals surface area (Å²) in [6.45, 7) is 0.722. The van der Waals surface area contributed by atoms with E-state index in [-0.39, 0.29) is 5.95 Å². The first-order valence-electron chi connectivity index (χ1n) is 3.20. The molecular formula is C5H7F3N4O. The van der Waals surface area contributed by atoms with E-state index in [0.29, 0.717) is 0 Å². The molecule has 0 radical (unpaired) electrons. The second-order valence-corrected chi connectivity index (χ2v) is 2.66. The molecule has 1 aromatic rings. The van der Waals surface area contributed by atoms with Crippen molar-refractivity contribution in [3.05, 3.63) is 5.89 Å². The van der Waals surface area contributed by atoms with Gasteiger partial charge in [0.05, 0.1) is 0 Å². The number of anilines is 1. The number of hydrogen-bond donors (Lipinski definition) is 2. The molecule has 5 nitrogen and oxygen atoms in total. The highest BCUT2D eigenvalue weighted by molar-refractivity contribution is 5.15. The highest BCUT2D eigenvalue weighted by Gasteiger charge is 2.53. The first-order chi connectivity index (χ1) is 5.75. The number of rotatable bonds is 1. The molecule has 0 aliphatic rings. The van der Waals surface area contributed by atoms with Crippen LogP contribution in [-0.4, -0.2) is 16.3 Å². The van der Waals surface area contributed by atoms with Crippen LogP contribution in [0.5, 0.6) is 0 Å². The molecule has 1 unspecified atom stereocenters. The summed E-state index contributed by atoms with van der Waals surface area (Å²) < 4.78 is 40.9. The van der Waals surface area contributed by atoms with E-state index in [1.165, 1.54) is 0 Å². The Kier molecular flexibility index (Phi) is 1.95. The fraction of sp³-hybridized carbons (Fsp3) is 0.600. The van der Waals surface area contributed by atoms with E-state index in [1.807, 2.05) is 0 Å². The smallest absolute Gasteiger partial charge is 0.365 e. The van der Waals surface area contributed by atoms with Crippen LogP contribution in [0.4, 0.5) is 19.1 Å². The molecule has 0 aromatic carbocycles. The van der Waals surface area contributed by atoms with Crippen molar-refractivity contribution in [2.45, 2.75) is 18.6 Å². The molecule has 74 valence electrons. The largest absolute Gasteiger partial charge is 0.415 e. The molecule has 0 fully saturated rings. The molecule has 1 atom stereocenters. The van der Waals surface area contributed by atoms with E-state index in [0.717, 1.165) is 6.92 Å². The molecule has 0 saturated heterocycles. The Hall–Kier alpha value is -1.31. The van der Waals surface area contributed by atoms with Crippen molar-refractivity contribution in [2.24, 2.45) is 5.73 Å². The second kappa shape index (κ2) is 2.59. The predicted octanol–water partition coefficient (Wildman–Crippen LogP) is 0.388. The second-order valence-electron chi connectivity index (χ2n) is 2.66.